The second kappa shape index (κ2) is 10.8. The van der Waals surface area contributed by atoms with Crippen LogP contribution in [0.15, 0.2) is 96.4 Å². The van der Waals surface area contributed by atoms with Crippen LogP contribution in [-0.2, 0) is 4.74 Å². The Morgan fingerprint density at radius 2 is 1.68 bits per heavy atom. The molecule has 8 nitrogen and oxygen atoms in total. The Labute approximate surface area is 215 Å². The Morgan fingerprint density at radius 3 is 2.46 bits per heavy atom. The molecule has 0 spiro atoms. The number of nitrogens with one attached hydrogen (secondary N) is 3. The van der Waals surface area contributed by atoms with Crippen LogP contribution in [0.3, 0.4) is 0 Å². The summed E-state index contributed by atoms with van der Waals surface area (Å²) in [4.78, 5) is 14.0. The van der Waals surface area contributed by atoms with Crippen LogP contribution >= 0.6 is 0 Å². The number of methoxy groups -OCH3 is 1. The van der Waals surface area contributed by atoms with Crippen LogP contribution < -0.4 is 16.1 Å². The summed E-state index contributed by atoms with van der Waals surface area (Å²) in [5, 5.41) is 11.7. The molecule has 1 atom stereocenters. The summed E-state index contributed by atoms with van der Waals surface area (Å²) in [5.41, 5.74) is 9.27. The summed E-state index contributed by atoms with van der Waals surface area (Å²) in [5.74, 6) is 1.31. The molecule has 8 heteroatoms. The molecule has 0 bridgehead atoms. The van der Waals surface area contributed by atoms with Gasteiger partial charge in [-0.3, -0.25) is 10.4 Å². The maximum absolute atomic E-state index is 5.73. The highest BCUT2D eigenvalue weighted by Crippen LogP contribution is 2.33. The first-order chi connectivity index (χ1) is 18.2. The zero-order chi connectivity index (χ0) is 25.6. The topological polar surface area (TPSA) is 96.4 Å². The van der Waals surface area contributed by atoms with Crippen molar-refractivity contribution in [1.82, 2.24) is 15.0 Å². The molecule has 0 amide bonds. The van der Waals surface area contributed by atoms with Gasteiger partial charge < -0.3 is 15.4 Å². The second-order valence-electron chi connectivity index (χ2n) is 8.42. The first-order valence-electron chi connectivity index (χ1n) is 11.8. The summed E-state index contributed by atoms with van der Waals surface area (Å²) in [6.07, 6.45) is 3.14. The van der Waals surface area contributed by atoms with Gasteiger partial charge in [-0.1, -0.05) is 24.3 Å². The van der Waals surface area contributed by atoms with Crippen LogP contribution in [0.5, 0.6) is 0 Å². The largest absolute Gasteiger partial charge is 0.357 e. The molecule has 0 radical (unpaired) electrons. The van der Waals surface area contributed by atoms with Crippen molar-refractivity contribution in [1.29, 1.82) is 0 Å². The van der Waals surface area contributed by atoms with Gasteiger partial charge in [0.05, 0.1) is 11.2 Å². The van der Waals surface area contributed by atoms with E-state index in [4.69, 9.17) is 14.7 Å². The van der Waals surface area contributed by atoms with E-state index in [1.54, 1.807) is 19.5 Å². The number of rotatable bonds is 9. The van der Waals surface area contributed by atoms with Crippen LogP contribution in [0.2, 0.25) is 0 Å². The highest BCUT2D eigenvalue weighted by atomic mass is 16.5. The highest BCUT2D eigenvalue weighted by molar-refractivity contribution is 5.93. The third-order valence-electron chi connectivity index (χ3n) is 5.99. The number of fused-ring (bicyclic) bond motifs is 1. The average molecular weight is 490 g/mol. The predicted molar refractivity (Wildman–Crippen MR) is 150 cm³/mol. The van der Waals surface area contributed by atoms with Crippen molar-refractivity contribution in [2.45, 2.75) is 13.2 Å². The van der Waals surface area contributed by atoms with Crippen LogP contribution in [0, 0.1) is 6.92 Å². The Morgan fingerprint density at radius 1 is 0.892 bits per heavy atom. The first kappa shape index (κ1) is 23.9. The minimum absolute atomic E-state index is 0.359. The minimum atomic E-state index is -0.359. The van der Waals surface area contributed by atoms with Crippen molar-refractivity contribution in [2.75, 3.05) is 23.2 Å². The monoisotopic (exact) mass is 489 g/mol. The summed E-state index contributed by atoms with van der Waals surface area (Å²) >= 11 is 0. The molecule has 0 saturated carbocycles. The number of hydrogen-bond donors (Lipinski definition) is 3. The second-order valence-corrected chi connectivity index (χ2v) is 8.42. The first-order valence-corrected chi connectivity index (χ1v) is 11.8. The van der Waals surface area contributed by atoms with Crippen molar-refractivity contribution in [3.05, 3.63) is 102 Å². The molecule has 3 N–H and O–H groups in total. The van der Waals surface area contributed by atoms with E-state index >= 15 is 0 Å². The fraction of sp³-hybridized carbons (Fsp3) is 0.103. The molecule has 0 saturated heterocycles. The van der Waals surface area contributed by atoms with E-state index in [9.17, 15) is 0 Å². The van der Waals surface area contributed by atoms with E-state index in [1.807, 2.05) is 85.8 Å². The van der Waals surface area contributed by atoms with Crippen molar-refractivity contribution in [3.63, 3.8) is 0 Å². The van der Waals surface area contributed by atoms with E-state index in [0.717, 1.165) is 50.5 Å². The number of anilines is 4. The fourth-order valence-corrected chi connectivity index (χ4v) is 4.14. The third kappa shape index (κ3) is 5.24. The summed E-state index contributed by atoms with van der Waals surface area (Å²) in [6, 6.07) is 25.7. The van der Waals surface area contributed by atoms with Gasteiger partial charge in [-0.2, -0.15) is 5.10 Å². The Bertz CT molecular complexity index is 1540. The standard InChI is InChI=1S/C29H27N7O/c1-19-18-21(12-13-24(19)36-30-2)32-27-22-8-4-6-10-25(22)33-28(35-27)23-9-5-7-11-26(23)34-29(37-3)20-14-16-31-17-15-20/h4-18,29,34,36H,2H2,1,3H3,(H,32,33,35). The van der Waals surface area contributed by atoms with Crippen molar-refractivity contribution < 1.29 is 4.74 Å². The molecular formula is C29H27N7O. The minimum Gasteiger partial charge on any atom is -0.357 e. The lowest BCUT2D eigenvalue weighted by atomic mass is 10.1. The lowest BCUT2D eigenvalue weighted by Crippen LogP contribution is -2.13. The van der Waals surface area contributed by atoms with Gasteiger partial charge in [0.2, 0.25) is 0 Å². The molecule has 5 rings (SSSR count). The van der Waals surface area contributed by atoms with Gasteiger partial charge in [0, 0.05) is 54.1 Å². The SMILES string of the molecule is C=NNc1ccc(Nc2nc(-c3ccccc3NC(OC)c3ccncc3)nc3ccccc23)cc1C. The van der Waals surface area contributed by atoms with Crippen molar-refractivity contribution in [3.8, 4) is 11.4 Å². The number of aromatic nitrogens is 3. The van der Waals surface area contributed by atoms with Gasteiger partial charge in [-0.25, -0.2) is 9.97 Å². The molecule has 37 heavy (non-hydrogen) atoms. The van der Waals surface area contributed by atoms with E-state index < -0.39 is 0 Å². The molecule has 2 heterocycles. The summed E-state index contributed by atoms with van der Waals surface area (Å²) in [7, 11) is 1.67. The van der Waals surface area contributed by atoms with E-state index in [2.05, 4.69) is 32.9 Å². The van der Waals surface area contributed by atoms with E-state index in [-0.39, 0.29) is 6.23 Å². The van der Waals surface area contributed by atoms with Crippen molar-refractivity contribution in [2.24, 2.45) is 5.10 Å². The summed E-state index contributed by atoms with van der Waals surface area (Å²) < 4.78 is 5.73. The molecule has 0 fully saturated rings. The Hall–Kier alpha value is -4.82. The molecule has 5 aromatic rings. The number of para-hydroxylation sites is 2. The number of nitrogens with zero attached hydrogens (tertiary/aromatic N) is 4. The molecule has 0 aliphatic rings. The number of benzene rings is 3. The molecule has 0 aliphatic carbocycles. The zero-order valence-corrected chi connectivity index (χ0v) is 20.6. The molecular weight excluding hydrogens is 462 g/mol. The molecule has 3 aromatic carbocycles. The summed E-state index contributed by atoms with van der Waals surface area (Å²) in [6.45, 7) is 5.51. The van der Waals surface area contributed by atoms with Gasteiger partial charge in [-0.15, -0.1) is 0 Å². The van der Waals surface area contributed by atoms with E-state index in [0.29, 0.717) is 5.82 Å². The van der Waals surface area contributed by atoms with Gasteiger partial charge in [0.25, 0.3) is 0 Å². The van der Waals surface area contributed by atoms with Crippen LogP contribution in [0.1, 0.15) is 17.4 Å². The van der Waals surface area contributed by atoms with Gasteiger partial charge in [-0.05, 0) is 67.1 Å². The van der Waals surface area contributed by atoms with Gasteiger partial charge in [0.15, 0.2) is 12.1 Å². The molecule has 1 unspecified atom stereocenters. The van der Waals surface area contributed by atoms with Crippen LogP contribution in [0.25, 0.3) is 22.3 Å². The Balaban J connectivity index is 1.55. The molecule has 2 aromatic heterocycles. The van der Waals surface area contributed by atoms with Crippen LogP contribution in [0.4, 0.5) is 22.9 Å². The number of pyridine rings is 1. The van der Waals surface area contributed by atoms with Crippen molar-refractivity contribution >= 4 is 40.5 Å². The Kier molecular flexibility index (Phi) is 7.00. The van der Waals surface area contributed by atoms with Gasteiger partial charge in [0.1, 0.15) is 5.82 Å². The number of ether oxygens (including phenoxy) is 1. The zero-order valence-electron chi connectivity index (χ0n) is 20.6. The molecule has 184 valence electrons. The van der Waals surface area contributed by atoms with Gasteiger partial charge >= 0.3 is 0 Å². The fourth-order valence-electron chi connectivity index (χ4n) is 4.14. The quantitative estimate of drug-likeness (QED) is 0.123. The number of hydrogen-bond acceptors (Lipinski definition) is 8. The lowest BCUT2D eigenvalue weighted by molar-refractivity contribution is 0.127. The average Bonchev–Trinajstić information content (AvgIpc) is 2.94. The number of aryl methyl sites for hydroxylation is 1. The lowest BCUT2D eigenvalue weighted by Gasteiger charge is -2.21. The third-order valence-corrected chi connectivity index (χ3v) is 5.99. The smallest absolute Gasteiger partial charge is 0.164 e. The maximum Gasteiger partial charge on any atom is 0.164 e. The van der Waals surface area contributed by atoms with E-state index in [1.165, 1.54) is 0 Å². The highest BCUT2D eigenvalue weighted by Gasteiger charge is 2.16. The predicted octanol–water partition coefficient (Wildman–Crippen LogP) is 6.53. The molecule has 0 aliphatic heterocycles. The normalized spacial score (nSPS) is 11.6. The number of hydrazone groups is 1. The van der Waals surface area contributed by atoms with Crippen LogP contribution in [-0.4, -0.2) is 28.8 Å². The maximum atomic E-state index is 5.73.